The molecule has 0 saturated heterocycles. The van der Waals surface area contributed by atoms with Crippen molar-refractivity contribution < 1.29 is 9.90 Å². The summed E-state index contributed by atoms with van der Waals surface area (Å²) in [5, 5.41) is 13.6. The maximum Gasteiger partial charge on any atom is 0.321 e. The van der Waals surface area contributed by atoms with Crippen molar-refractivity contribution in [2.45, 2.75) is 40.3 Å². The van der Waals surface area contributed by atoms with Crippen molar-refractivity contribution in [2.75, 3.05) is 12.4 Å². The molecule has 2 aliphatic rings. The van der Waals surface area contributed by atoms with Gasteiger partial charge in [-0.3, -0.25) is 0 Å². The molecule has 0 radical (unpaired) electrons. The fourth-order valence-corrected chi connectivity index (χ4v) is 3.82. The summed E-state index contributed by atoms with van der Waals surface area (Å²) in [6.45, 7) is 9.44. The van der Waals surface area contributed by atoms with E-state index in [1.807, 2.05) is 18.2 Å². The number of fused-ring (bicyclic) bond motifs is 1. The number of carbonyl (C=O) groups excluding carboxylic acids is 1. The summed E-state index contributed by atoms with van der Waals surface area (Å²) in [7, 11) is 1.77. The second-order valence-electron chi connectivity index (χ2n) is 7.57. The van der Waals surface area contributed by atoms with E-state index in [9.17, 15) is 9.90 Å². The number of hydrogen-bond acceptors (Lipinski definition) is 2. The van der Waals surface area contributed by atoms with Crippen molar-refractivity contribution in [1.29, 1.82) is 0 Å². The van der Waals surface area contributed by atoms with Crippen molar-refractivity contribution in [2.24, 2.45) is 16.7 Å². The Hall–Kier alpha value is -1.55. The zero-order valence-corrected chi connectivity index (χ0v) is 13.4. The van der Waals surface area contributed by atoms with Crippen LogP contribution in [0.5, 0.6) is 0 Å². The van der Waals surface area contributed by atoms with E-state index >= 15 is 0 Å². The van der Waals surface area contributed by atoms with Gasteiger partial charge in [0.05, 0.1) is 6.10 Å². The number of benzene rings is 1. The number of anilines is 1. The average molecular weight is 288 g/mol. The van der Waals surface area contributed by atoms with E-state index < -0.39 is 6.10 Å². The summed E-state index contributed by atoms with van der Waals surface area (Å²) in [4.78, 5) is 13.3. The first-order valence-corrected chi connectivity index (χ1v) is 7.49. The van der Waals surface area contributed by atoms with E-state index in [0.29, 0.717) is 6.54 Å². The molecule has 0 spiro atoms. The van der Waals surface area contributed by atoms with Crippen LogP contribution < -0.4 is 5.32 Å². The Kier molecular flexibility index (Phi) is 2.90. The highest BCUT2D eigenvalue weighted by atomic mass is 16.3. The van der Waals surface area contributed by atoms with Gasteiger partial charge >= 0.3 is 6.03 Å². The van der Waals surface area contributed by atoms with Crippen LogP contribution in [-0.4, -0.2) is 23.1 Å². The van der Waals surface area contributed by atoms with E-state index in [-0.39, 0.29) is 22.8 Å². The van der Waals surface area contributed by atoms with Gasteiger partial charge in [-0.2, -0.15) is 0 Å². The summed E-state index contributed by atoms with van der Waals surface area (Å²) >= 11 is 0. The maximum absolute atomic E-state index is 11.6. The molecule has 1 atom stereocenters. The third-order valence-corrected chi connectivity index (χ3v) is 5.91. The van der Waals surface area contributed by atoms with Crippen LogP contribution >= 0.6 is 0 Å². The molecule has 114 valence electrons. The molecule has 0 bridgehead atoms. The zero-order valence-electron chi connectivity index (χ0n) is 13.4. The fourth-order valence-electron chi connectivity index (χ4n) is 3.82. The van der Waals surface area contributed by atoms with Crippen molar-refractivity contribution in [3.63, 3.8) is 0 Å². The van der Waals surface area contributed by atoms with Gasteiger partial charge in [0, 0.05) is 25.2 Å². The van der Waals surface area contributed by atoms with Gasteiger partial charge in [0.1, 0.15) is 0 Å². The topological polar surface area (TPSA) is 52.6 Å². The third-order valence-electron chi connectivity index (χ3n) is 5.91. The van der Waals surface area contributed by atoms with Gasteiger partial charge in [-0.1, -0.05) is 33.8 Å². The molecule has 4 nitrogen and oxygen atoms in total. The lowest BCUT2D eigenvalue weighted by molar-refractivity contribution is 0.130. The minimum atomic E-state index is -0.455. The molecular formula is C17H24N2O2. The van der Waals surface area contributed by atoms with E-state index in [4.69, 9.17) is 0 Å². The number of urea groups is 1. The lowest BCUT2D eigenvalue weighted by Gasteiger charge is -2.27. The van der Waals surface area contributed by atoms with Crippen LogP contribution in [0.4, 0.5) is 10.5 Å². The molecule has 1 aromatic rings. The fraction of sp³-hybridized carbons (Fsp3) is 0.588. The summed E-state index contributed by atoms with van der Waals surface area (Å²) in [6, 6.07) is 5.78. The molecule has 1 unspecified atom stereocenters. The number of aliphatic hydroxyl groups excluding tert-OH is 1. The summed E-state index contributed by atoms with van der Waals surface area (Å²) < 4.78 is 0. The number of aliphatic hydroxyl groups is 1. The first kappa shape index (κ1) is 14.4. The molecule has 1 aliphatic carbocycles. The quantitative estimate of drug-likeness (QED) is 0.876. The molecule has 1 saturated carbocycles. The monoisotopic (exact) mass is 288 g/mol. The number of carbonyl (C=O) groups is 1. The second-order valence-corrected chi connectivity index (χ2v) is 7.57. The molecule has 1 fully saturated rings. The minimum Gasteiger partial charge on any atom is -0.388 e. The molecule has 1 aliphatic heterocycles. The van der Waals surface area contributed by atoms with Gasteiger partial charge in [0.15, 0.2) is 0 Å². The van der Waals surface area contributed by atoms with Crippen molar-refractivity contribution in [1.82, 2.24) is 4.90 Å². The maximum atomic E-state index is 11.6. The lowest BCUT2D eigenvalue weighted by atomic mass is 9.96. The Morgan fingerprint density at radius 1 is 1.29 bits per heavy atom. The Labute approximate surface area is 126 Å². The van der Waals surface area contributed by atoms with E-state index in [2.05, 4.69) is 33.0 Å². The van der Waals surface area contributed by atoms with Gasteiger partial charge < -0.3 is 15.3 Å². The Bertz CT molecular complexity index is 593. The van der Waals surface area contributed by atoms with E-state index in [1.165, 1.54) is 0 Å². The zero-order chi connectivity index (χ0) is 15.6. The van der Waals surface area contributed by atoms with Crippen molar-refractivity contribution >= 4 is 11.7 Å². The second kappa shape index (κ2) is 4.23. The SMILES string of the molecule is CN1Cc2cc(C(O)C3C(C)(C)C3(C)C)ccc2NC1=O. The minimum absolute atomic E-state index is 0.0831. The molecule has 4 heteroatoms. The summed E-state index contributed by atoms with van der Waals surface area (Å²) in [5.41, 5.74) is 3.15. The molecule has 0 aromatic heterocycles. The number of nitrogens with one attached hydrogen (secondary N) is 1. The first-order chi connectivity index (χ1) is 9.66. The molecular weight excluding hydrogens is 264 g/mol. The van der Waals surface area contributed by atoms with Crippen LogP contribution in [0.1, 0.15) is 44.9 Å². The van der Waals surface area contributed by atoms with Crippen LogP contribution in [-0.2, 0) is 6.54 Å². The van der Waals surface area contributed by atoms with Gasteiger partial charge in [-0.05, 0) is 34.1 Å². The summed E-state index contributed by atoms with van der Waals surface area (Å²) in [6.07, 6.45) is -0.455. The molecule has 1 heterocycles. The standard InChI is InChI=1S/C17H24N2O2/c1-16(2)14(17(16,3)4)13(20)10-6-7-12-11(8-10)9-19(5)15(21)18-12/h6-8,13-14,20H,9H2,1-5H3,(H,18,21). The predicted octanol–water partition coefficient (Wildman–Crippen LogP) is 3.38. The predicted molar refractivity (Wildman–Crippen MR) is 82.9 cm³/mol. The molecule has 1 aromatic carbocycles. The normalized spacial score (nSPS) is 24.3. The molecule has 2 N–H and O–H groups in total. The Balaban J connectivity index is 1.89. The molecule has 2 amide bonds. The molecule has 3 rings (SSSR count). The Morgan fingerprint density at radius 2 is 1.90 bits per heavy atom. The molecule has 21 heavy (non-hydrogen) atoms. The van der Waals surface area contributed by atoms with Crippen LogP contribution in [0.15, 0.2) is 18.2 Å². The smallest absolute Gasteiger partial charge is 0.321 e. The highest BCUT2D eigenvalue weighted by molar-refractivity contribution is 5.92. The van der Waals surface area contributed by atoms with Crippen LogP contribution in [0.3, 0.4) is 0 Å². The van der Waals surface area contributed by atoms with Gasteiger partial charge in [-0.25, -0.2) is 4.79 Å². The number of nitrogens with zero attached hydrogens (tertiary/aromatic N) is 1. The highest BCUT2D eigenvalue weighted by Gasteiger charge is 2.67. The van der Waals surface area contributed by atoms with E-state index in [1.54, 1.807) is 11.9 Å². The summed E-state index contributed by atoms with van der Waals surface area (Å²) in [5.74, 6) is 0.263. The van der Waals surface area contributed by atoms with Crippen LogP contribution in [0.25, 0.3) is 0 Å². The average Bonchev–Trinajstić information content (AvgIpc) is 2.80. The van der Waals surface area contributed by atoms with Gasteiger partial charge in [0.25, 0.3) is 0 Å². The van der Waals surface area contributed by atoms with Gasteiger partial charge in [-0.15, -0.1) is 0 Å². The van der Waals surface area contributed by atoms with Gasteiger partial charge in [0.2, 0.25) is 0 Å². The number of hydrogen-bond donors (Lipinski definition) is 2. The third kappa shape index (κ3) is 1.96. The van der Waals surface area contributed by atoms with Crippen molar-refractivity contribution in [3.8, 4) is 0 Å². The van der Waals surface area contributed by atoms with Crippen LogP contribution in [0, 0.1) is 16.7 Å². The lowest BCUT2D eigenvalue weighted by Crippen LogP contribution is -2.35. The largest absolute Gasteiger partial charge is 0.388 e. The van der Waals surface area contributed by atoms with E-state index in [0.717, 1.165) is 16.8 Å². The number of amides is 2. The Morgan fingerprint density at radius 3 is 2.48 bits per heavy atom. The number of rotatable bonds is 2. The highest BCUT2D eigenvalue weighted by Crippen LogP contribution is 2.72. The first-order valence-electron chi connectivity index (χ1n) is 7.49. The van der Waals surface area contributed by atoms with Crippen LogP contribution in [0.2, 0.25) is 0 Å². The van der Waals surface area contributed by atoms with Crippen molar-refractivity contribution in [3.05, 3.63) is 29.3 Å².